The van der Waals surface area contributed by atoms with Crippen LogP contribution in [0.3, 0.4) is 0 Å². The van der Waals surface area contributed by atoms with Crippen molar-refractivity contribution < 1.29 is 4.79 Å². The minimum absolute atomic E-state index is 0.784. The summed E-state index contributed by atoms with van der Waals surface area (Å²) in [5.41, 5.74) is 0. The molecular weight excluding hydrogens is 208 g/mol. The molecule has 96 valence electrons. The molecule has 0 N–H and O–H groups in total. The predicted molar refractivity (Wildman–Crippen MR) is 76.1 cm³/mol. The van der Waals surface area contributed by atoms with E-state index in [9.17, 15) is 4.79 Å². The molecule has 0 atom stereocenters. The Morgan fingerprint density at radius 3 is 2.00 bits per heavy atom. The van der Waals surface area contributed by atoms with Crippen LogP contribution in [0.15, 0.2) is 36.5 Å². The molecule has 0 aliphatic heterocycles. The molecule has 0 aromatic rings. The summed E-state index contributed by atoms with van der Waals surface area (Å²) in [4.78, 5) is 9.97. The highest BCUT2D eigenvalue weighted by Crippen LogP contribution is 2.08. The zero-order valence-electron chi connectivity index (χ0n) is 11.1. The molecule has 0 spiro atoms. The third kappa shape index (κ3) is 14.9. The average Bonchev–Trinajstić information content (AvgIpc) is 2.35. The first kappa shape index (κ1) is 15.9. The highest BCUT2D eigenvalue weighted by molar-refractivity contribution is 5.65. The number of aldehydes is 1. The van der Waals surface area contributed by atoms with Crippen LogP contribution in [0.25, 0.3) is 0 Å². The van der Waals surface area contributed by atoms with Crippen molar-refractivity contribution >= 4 is 6.29 Å². The van der Waals surface area contributed by atoms with Crippen molar-refractivity contribution in [2.45, 2.75) is 58.3 Å². The van der Waals surface area contributed by atoms with Crippen molar-refractivity contribution in [2.24, 2.45) is 0 Å². The first-order valence-corrected chi connectivity index (χ1v) is 6.85. The van der Waals surface area contributed by atoms with Crippen LogP contribution in [0.1, 0.15) is 58.3 Å². The van der Waals surface area contributed by atoms with Gasteiger partial charge in [0.2, 0.25) is 0 Å². The Kier molecular flexibility index (Phi) is 13.9. The van der Waals surface area contributed by atoms with Gasteiger partial charge >= 0.3 is 0 Å². The number of unbranched alkanes of at least 4 members (excludes halogenated alkanes) is 7. The highest BCUT2D eigenvalue weighted by atomic mass is 16.1. The second-order valence-electron chi connectivity index (χ2n) is 4.24. The van der Waals surface area contributed by atoms with Gasteiger partial charge in [0, 0.05) is 0 Å². The van der Waals surface area contributed by atoms with Gasteiger partial charge in [-0.2, -0.15) is 0 Å². The number of allylic oxidation sites excluding steroid dienone is 6. The van der Waals surface area contributed by atoms with E-state index in [1.165, 1.54) is 51.0 Å². The minimum Gasteiger partial charge on any atom is -0.299 e. The van der Waals surface area contributed by atoms with Crippen molar-refractivity contribution in [3.63, 3.8) is 0 Å². The summed E-state index contributed by atoms with van der Waals surface area (Å²) in [6.45, 7) is 2.25. The highest BCUT2D eigenvalue weighted by Gasteiger charge is 1.88. The summed E-state index contributed by atoms with van der Waals surface area (Å²) in [7, 11) is 0. The second-order valence-corrected chi connectivity index (χ2v) is 4.24. The maximum absolute atomic E-state index is 9.97. The molecule has 0 amide bonds. The Hall–Kier alpha value is -1.11. The Balaban J connectivity index is 3.21. The molecule has 0 bridgehead atoms. The van der Waals surface area contributed by atoms with E-state index in [1.807, 2.05) is 18.2 Å². The second kappa shape index (κ2) is 14.9. The summed E-state index contributed by atoms with van der Waals surface area (Å²) < 4.78 is 0. The molecule has 0 heterocycles. The van der Waals surface area contributed by atoms with Gasteiger partial charge < -0.3 is 0 Å². The molecule has 0 aromatic heterocycles. The van der Waals surface area contributed by atoms with E-state index in [4.69, 9.17) is 0 Å². The SMILES string of the molecule is CCCCCCCCC/C=C\C=CC=CC=O. The fourth-order valence-corrected chi connectivity index (χ4v) is 1.63. The molecule has 0 aliphatic rings. The number of rotatable bonds is 11. The maximum atomic E-state index is 9.97. The summed E-state index contributed by atoms with van der Waals surface area (Å²) in [6, 6.07) is 0. The topological polar surface area (TPSA) is 17.1 Å². The Morgan fingerprint density at radius 2 is 1.29 bits per heavy atom. The van der Waals surface area contributed by atoms with Crippen molar-refractivity contribution in [3.05, 3.63) is 36.5 Å². The Morgan fingerprint density at radius 1 is 0.706 bits per heavy atom. The molecule has 0 radical (unpaired) electrons. The fraction of sp³-hybridized carbons (Fsp3) is 0.562. The zero-order valence-corrected chi connectivity index (χ0v) is 11.1. The third-order valence-electron chi connectivity index (χ3n) is 2.63. The van der Waals surface area contributed by atoms with E-state index >= 15 is 0 Å². The first-order valence-electron chi connectivity index (χ1n) is 6.85. The van der Waals surface area contributed by atoms with Crippen molar-refractivity contribution in [2.75, 3.05) is 0 Å². The zero-order chi connectivity index (χ0) is 12.6. The summed E-state index contributed by atoms with van der Waals surface area (Å²) >= 11 is 0. The normalized spacial score (nSPS) is 12.1. The molecule has 0 aromatic carbocycles. The lowest BCUT2D eigenvalue weighted by Gasteiger charge is -1.98. The van der Waals surface area contributed by atoms with Gasteiger partial charge in [0.25, 0.3) is 0 Å². The van der Waals surface area contributed by atoms with Crippen molar-refractivity contribution in [1.29, 1.82) is 0 Å². The van der Waals surface area contributed by atoms with Gasteiger partial charge in [-0.05, 0) is 18.9 Å². The van der Waals surface area contributed by atoms with Crippen molar-refractivity contribution in [1.82, 2.24) is 0 Å². The molecule has 0 aliphatic carbocycles. The lowest BCUT2D eigenvalue weighted by Crippen LogP contribution is -1.78. The van der Waals surface area contributed by atoms with Crippen LogP contribution in [-0.2, 0) is 4.79 Å². The van der Waals surface area contributed by atoms with Gasteiger partial charge in [0.05, 0.1) is 0 Å². The molecule has 1 heteroatoms. The van der Waals surface area contributed by atoms with Gasteiger partial charge in [0.15, 0.2) is 0 Å². The molecule has 0 saturated carbocycles. The maximum Gasteiger partial charge on any atom is 0.142 e. The quantitative estimate of drug-likeness (QED) is 0.213. The lowest BCUT2D eigenvalue weighted by molar-refractivity contribution is -0.104. The summed E-state index contributed by atoms with van der Waals surface area (Å²) in [5, 5.41) is 0. The van der Waals surface area contributed by atoms with Gasteiger partial charge in [-0.25, -0.2) is 0 Å². The van der Waals surface area contributed by atoms with E-state index in [2.05, 4.69) is 13.0 Å². The van der Waals surface area contributed by atoms with Gasteiger partial charge in [-0.15, -0.1) is 0 Å². The standard InChI is InChI=1S/C16H26O/c1-2-3-4-5-6-7-8-9-10-11-12-13-14-15-16-17/h10-16H,2-9H2,1H3/b11-10-,13-12?,15-14?. The molecule has 0 saturated heterocycles. The van der Waals surface area contributed by atoms with Crippen molar-refractivity contribution in [3.8, 4) is 0 Å². The van der Waals surface area contributed by atoms with E-state index in [0.717, 1.165) is 12.7 Å². The largest absolute Gasteiger partial charge is 0.299 e. The van der Waals surface area contributed by atoms with E-state index in [1.54, 1.807) is 6.08 Å². The smallest absolute Gasteiger partial charge is 0.142 e. The number of hydrogen-bond acceptors (Lipinski definition) is 1. The molecule has 0 fully saturated rings. The average molecular weight is 234 g/mol. The fourth-order valence-electron chi connectivity index (χ4n) is 1.63. The molecule has 17 heavy (non-hydrogen) atoms. The summed E-state index contributed by atoms with van der Waals surface area (Å²) in [5.74, 6) is 0. The molecule has 0 rings (SSSR count). The number of hydrogen-bond donors (Lipinski definition) is 0. The monoisotopic (exact) mass is 234 g/mol. The van der Waals surface area contributed by atoms with Crippen LogP contribution in [0.5, 0.6) is 0 Å². The van der Waals surface area contributed by atoms with E-state index in [-0.39, 0.29) is 0 Å². The van der Waals surface area contributed by atoms with Crippen LogP contribution in [-0.4, -0.2) is 6.29 Å². The van der Waals surface area contributed by atoms with E-state index in [0.29, 0.717) is 0 Å². The third-order valence-corrected chi connectivity index (χ3v) is 2.63. The number of carbonyl (C=O) groups is 1. The van der Waals surface area contributed by atoms with E-state index < -0.39 is 0 Å². The minimum atomic E-state index is 0.784. The van der Waals surface area contributed by atoms with Crippen LogP contribution >= 0.6 is 0 Å². The van der Waals surface area contributed by atoms with Crippen LogP contribution in [0.2, 0.25) is 0 Å². The lowest BCUT2D eigenvalue weighted by atomic mass is 10.1. The summed E-state index contributed by atoms with van der Waals surface area (Å²) in [6.07, 6.45) is 22.8. The predicted octanol–water partition coefficient (Wildman–Crippen LogP) is 4.99. The van der Waals surface area contributed by atoms with Gasteiger partial charge in [0.1, 0.15) is 6.29 Å². The van der Waals surface area contributed by atoms with Gasteiger partial charge in [-0.1, -0.05) is 75.8 Å². The number of carbonyl (C=O) groups excluding carboxylic acids is 1. The van der Waals surface area contributed by atoms with Gasteiger partial charge in [-0.3, -0.25) is 4.79 Å². The van der Waals surface area contributed by atoms with Crippen LogP contribution in [0.4, 0.5) is 0 Å². The molecule has 0 unspecified atom stereocenters. The Bertz CT molecular complexity index is 236. The molecular formula is C16H26O. The van der Waals surface area contributed by atoms with Crippen LogP contribution in [0, 0.1) is 0 Å². The molecule has 1 nitrogen and oxygen atoms in total. The Labute approximate surface area is 106 Å². The van der Waals surface area contributed by atoms with Crippen LogP contribution < -0.4 is 0 Å². The first-order chi connectivity index (χ1) is 8.41.